The van der Waals surface area contributed by atoms with Gasteiger partial charge >= 0.3 is 57.8 Å². The SMILES string of the molecule is O=[CH][Pt]([Cl])([Cl])([Cl])[Cl]. The number of hydrogen-bond donors (Lipinski definition) is 0. The van der Waals surface area contributed by atoms with Crippen molar-refractivity contribution in [3.8, 4) is 0 Å². The van der Waals surface area contributed by atoms with E-state index in [2.05, 4.69) is 0 Å². The van der Waals surface area contributed by atoms with Crippen LogP contribution in [0.25, 0.3) is 0 Å². The fourth-order valence-electron chi connectivity index (χ4n) is 0. The molecule has 0 aromatic heterocycles. The maximum atomic E-state index is 9.70. The second kappa shape index (κ2) is 2.04. The van der Waals surface area contributed by atoms with Gasteiger partial charge in [0.15, 0.2) is 0 Å². The van der Waals surface area contributed by atoms with Gasteiger partial charge in [-0.3, -0.25) is 0 Å². The number of carbonyl (C=O) groups excluding carboxylic acids is 1. The molecule has 0 amide bonds. The van der Waals surface area contributed by atoms with Crippen molar-refractivity contribution >= 4 is 42.3 Å². The second-order valence-electron chi connectivity index (χ2n) is 0.622. The van der Waals surface area contributed by atoms with Gasteiger partial charge < -0.3 is 0 Å². The first-order valence-electron chi connectivity index (χ1n) is 0.896. The fraction of sp³-hybridized carbons (Fsp3) is 0. The first kappa shape index (κ1) is 8.52. The summed E-state index contributed by atoms with van der Waals surface area (Å²) in [6, 6.07) is 0. The zero-order valence-corrected chi connectivity index (χ0v) is 8.11. The van der Waals surface area contributed by atoms with Crippen molar-refractivity contribution in [2.24, 2.45) is 0 Å². The van der Waals surface area contributed by atoms with E-state index in [4.69, 9.17) is 37.7 Å². The van der Waals surface area contributed by atoms with Gasteiger partial charge in [0.1, 0.15) is 0 Å². The van der Waals surface area contributed by atoms with Gasteiger partial charge in [0.05, 0.1) is 0 Å². The van der Waals surface area contributed by atoms with E-state index in [-0.39, 0.29) is 4.68 Å². The van der Waals surface area contributed by atoms with Crippen LogP contribution in [0.15, 0.2) is 0 Å². The third kappa shape index (κ3) is 7.52. The van der Waals surface area contributed by atoms with Crippen LogP contribution in [-0.4, -0.2) is 4.68 Å². The van der Waals surface area contributed by atoms with E-state index in [1.54, 1.807) is 0 Å². The van der Waals surface area contributed by atoms with Gasteiger partial charge in [0.25, 0.3) is 0 Å². The van der Waals surface area contributed by atoms with Gasteiger partial charge in [0, 0.05) is 0 Å². The standard InChI is InChI=1S/CHO.4ClH.Pt/c1-2;;;;;/h1H;4*1H;/q;;;;;+4/p-4. The van der Waals surface area contributed by atoms with E-state index < -0.39 is 10.6 Å². The second-order valence-corrected chi connectivity index (χ2v) is 27.4. The molecule has 7 heavy (non-hydrogen) atoms. The fourth-order valence-corrected chi connectivity index (χ4v) is 0. The molecule has 0 aromatic rings. The predicted molar refractivity (Wildman–Crippen MR) is 30.2 cm³/mol. The summed E-state index contributed by atoms with van der Waals surface area (Å²) in [7, 11) is 16.0. The Morgan fingerprint density at radius 3 is 1.29 bits per heavy atom. The van der Waals surface area contributed by atoms with Crippen LogP contribution < -0.4 is 0 Å². The predicted octanol–water partition coefficient (Wildman–Crippen LogP) is 2.48. The van der Waals surface area contributed by atoms with Crippen LogP contribution in [0.3, 0.4) is 0 Å². The van der Waals surface area contributed by atoms with Gasteiger partial charge in [-0.15, -0.1) is 0 Å². The molecule has 6 heteroatoms. The Kier molecular flexibility index (Phi) is 2.48. The number of rotatable bonds is 1. The molecule has 0 spiro atoms. The molecular formula is CHCl4OPt. The summed E-state index contributed by atoms with van der Waals surface area (Å²) in [4.78, 5) is 9.70. The average Bonchev–Trinajstić information content (AvgIpc) is 1.32. The number of carbonyl (C=O) groups is 1. The molecule has 0 fully saturated rings. The van der Waals surface area contributed by atoms with E-state index in [0.717, 1.165) is 0 Å². The van der Waals surface area contributed by atoms with Crippen molar-refractivity contribution in [1.29, 1.82) is 0 Å². The molecule has 0 saturated heterocycles. The number of halogens is 4. The Hall–Kier alpha value is 1.52. The summed E-state index contributed by atoms with van der Waals surface area (Å²) >= 11 is 0. The Morgan fingerprint density at radius 1 is 1.14 bits per heavy atom. The molecule has 1 nitrogen and oxygen atoms in total. The van der Waals surface area contributed by atoms with Crippen molar-refractivity contribution in [1.82, 2.24) is 0 Å². The Labute approximate surface area is 57.4 Å². The molecule has 0 aromatic carbocycles. The quantitative estimate of drug-likeness (QED) is 0.652. The Balaban J connectivity index is 4.10. The summed E-state index contributed by atoms with van der Waals surface area (Å²) in [5.74, 6) is 0. The first-order chi connectivity index (χ1) is 2.81. The average molecular weight is 366 g/mol. The van der Waals surface area contributed by atoms with Crippen LogP contribution in [0.2, 0.25) is 0 Å². The molecule has 49 valence electrons. The zero-order chi connectivity index (χ0) is 6.15. The molecule has 0 unspecified atom stereocenters. The third-order valence-electron chi connectivity index (χ3n) is 0.113. The molecule has 0 heterocycles. The van der Waals surface area contributed by atoms with Gasteiger partial charge in [-0.25, -0.2) is 0 Å². The van der Waals surface area contributed by atoms with E-state index in [1.165, 1.54) is 0 Å². The molecule has 0 saturated carbocycles. The van der Waals surface area contributed by atoms with Crippen molar-refractivity contribution in [3.63, 3.8) is 0 Å². The van der Waals surface area contributed by atoms with E-state index >= 15 is 0 Å². The zero-order valence-electron chi connectivity index (χ0n) is 2.81. The van der Waals surface area contributed by atoms with Gasteiger partial charge in [0.2, 0.25) is 0 Å². The molecule has 0 radical (unpaired) electrons. The van der Waals surface area contributed by atoms with Crippen LogP contribution in [0.4, 0.5) is 0 Å². The Bertz CT molecular complexity index is 82.4. The van der Waals surface area contributed by atoms with E-state index in [1.807, 2.05) is 0 Å². The summed E-state index contributed by atoms with van der Waals surface area (Å²) in [6.07, 6.45) is 0. The molecule has 0 aliphatic rings. The van der Waals surface area contributed by atoms with Crippen molar-refractivity contribution in [2.45, 2.75) is 0 Å². The van der Waals surface area contributed by atoms with E-state index in [0.29, 0.717) is 0 Å². The molecule has 0 aliphatic heterocycles. The summed E-state index contributed by atoms with van der Waals surface area (Å²) in [5, 5.41) is 0. The molecule has 0 N–H and O–H groups in total. The minimum absolute atomic E-state index is 0.206. The third-order valence-corrected chi connectivity index (χ3v) is 2.77. The van der Waals surface area contributed by atoms with Crippen molar-refractivity contribution in [2.75, 3.05) is 0 Å². The van der Waals surface area contributed by atoms with Crippen LogP contribution in [0.5, 0.6) is 0 Å². The minimum atomic E-state index is -4.39. The van der Waals surface area contributed by atoms with Crippen LogP contribution in [-0.2, 0) is 15.4 Å². The monoisotopic (exact) mass is 364 g/mol. The molecule has 0 rings (SSSR count). The van der Waals surface area contributed by atoms with Crippen molar-refractivity contribution in [3.05, 3.63) is 0 Å². The maximum absolute atomic E-state index is 9.70. The summed E-state index contributed by atoms with van der Waals surface area (Å²) in [6.45, 7) is 0. The summed E-state index contributed by atoms with van der Waals surface area (Å²) < 4.78 is 0.206. The van der Waals surface area contributed by atoms with E-state index in [9.17, 15) is 4.79 Å². The normalized spacial score (nSPS) is 17.4. The van der Waals surface area contributed by atoms with Crippen LogP contribution >= 0.6 is 37.7 Å². The Morgan fingerprint density at radius 2 is 1.29 bits per heavy atom. The van der Waals surface area contributed by atoms with Gasteiger partial charge in [-0.2, -0.15) is 0 Å². The first-order valence-corrected chi connectivity index (χ1v) is 13.5. The topological polar surface area (TPSA) is 17.1 Å². The molecular weight excluding hydrogens is 365 g/mol. The van der Waals surface area contributed by atoms with Crippen LogP contribution in [0.1, 0.15) is 0 Å². The molecule has 0 atom stereocenters. The van der Waals surface area contributed by atoms with Crippen molar-refractivity contribution < 1.29 is 15.4 Å². The summed E-state index contributed by atoms with van der Waals surface area (Å²) in [5.41, 5.74) is 0. The van der Waals surface area contributed by atoms with Gasteiger partial charge in [-0.1, -0.05) is 0 Å². The number of hydrogen-bond acceptors (Lipinski definition) is 1. The van der Waals surface area contributed by atoms with Gasteiger partial charge in [-0.05, 0) is 0 Å². The molecule has 0 bridgehead atoms. The molecule has 0 aliphatic carbocycles. The van der Waals surface area contributed by atoms with Crippen LogP contribution in [0, 0.1) is 0 Å².